The minimum atomic E-state index is 0.0538. The van der Waals surface area contributed by atoms with Gasteiger partial charge in [0.25, 0.3) is 0 Å². The fourth-order valence-corrected chi connectivity index (χ4v) is 3.34. The summed E-state index contributed by atoms with van der Waals surface area (Å²) in [5.41, 5.74) is 3.11. The van der Waals surface area contributed by atoms with Crippen LogP contribution in [0.3, 0.4) is 0 Å². The lowest BCUT2D eigenvalue weighted by Crippen LogP contribution is -2.40. The zero-order chi connectivity index (χ0) is 19.8. The van der Waals surface area contributed by atoms with Crippen LogP contribution in [0.5, 0.6) is 5.75 Å². The Labute approximate surface area is 166 Å². The van der Waals surface area contributed by atoms with Crippen molar-refractivity contribution >= 4 is 17.6 Å². The Morgan fingerprint density at radius 1 is 1.14 bits per heavy atom. The molecule has 3 N–H and O–H groups in total. The van der Waals surface area contributed by atoms with Gasteiger partial charge in [0.2, 0.25) is 5.91 Å². The van der Waals surface area contributed by atoms with Gasteiger partial charge in [-0.2, -0.15) is 0 Å². The highest BCUT2D eigenvalue weighted by Gasteiger charge is 2.24. The summed E-state index contributed by atoms with van der Waals surface area (Å²) in [6, 6.07) is 15.9. The smallest absolute Gasteiger partial charge is 0.225 e. The summed E-state index contributed by atoms with van der Waals surface area (Å²) in [4.78, 5) is 16.7. The van der Waals surface area contributed by atoms with E-state index in [4.69, 9.17) is 9.73 Å². The summed E-state index contributed by atoms with van der Waals surface area (Å²) in [7, 11) is 0. The van der Waals surface area contributed by atoms with Crippen molar-refractivity contribution < 1.29 is 9.53 Å². The highest BCUT2D eigenvalue weighted by atomic mass is 16.5. The highest BCUT2D eigenvalue weighted by molar-refractivity contribution is 5.94. The van der Waals surface area contributed by atoms with E-state index in [0.717, 1.165) is 35.1 Å². The maximum absolute atomic E-state index is 12.0. The maximum atomic E-state index is 12.0. The second-order valence-electron chi connectivity index (χ2n) is 6.65. The number of para-hydroxylation sites is 2. The predicted molar refractivity (Wildman–Crippen MR) is 113 cm³/mol. The normalized spacial score (nSPS) is 16.1. The molecule has 0 fully saturated rings. The van der Waals surface area contributed by atoms with E-state index in [1.165, 1.54) is 0 Å². The number of hydrogen-bond acceptors (Lipinski definition) is 3. The molecule has 1 aliphatic heterocycles. The first-order valence-electron chi connectivity index (χ1n) is 9.83. The van der Waals surface area contributed by atoms with Crippen molar-refractivity contribution in [1.82, 2.24) is 10.6 Å². The van der Waals surface area contributed by atoms with Gasteiger partial charge in [0.05, 0.1) is 13.2 Å². The van der Waals surface area contributed by atoms with Gasteiger partial charge in [0, 0.05) is 36.7 Å². The molecule has 3 rings (SSSR count). The zero-order valence-electron chi connectivity index (χ0n) is 16.5. The molecule has 1 atom stereocenters. The molecular weight excluding hydrogens is 352 g/mol. The molecule has 1 unspecified atom stereocenters. The predicted octanol–water partition coefficient (Wildman–Crippen LogP) is 3.27. The summed E-state index contributed by atoms with van der Waals surface area (Å²) in [5.74, 6) is 1.77. The van der Waals surface area contributed by atoms with Crippen LogP contribution in [-0.4, -0.2) is 31.6 Å². The number of aliphatic imine (C=N–C) groups is 1. The number of nitrogens with zero attached hydrogens (tertiary/aromatic N) is 1. The highest BCUT2D eigenvalue weighted by Crippen LogP contribution is 2.31. The third-order valence-electron chi connectivity index (χ3n) is 4.65. The molecule has 1 aliphatic rings. The van der Waals surface area contributed by atoms with E-state index >= 15 is 0 Å². The van der Waals surface area contributed by atoms with Crippen LogP contribution in [0.1, 0.15) is 37.3 Å². The molecule has 0 saturated heterocycles. The Bertz CT molecular complexity index is 835. The second-order valence-corrected chi connectivity index (χ2v) is 6.65. The van der Waals surface area contributed by atoms with Crippen molar-refractivity contribution in [3.05, 3.63) is 59.7 Å². The Hall–Kier alpha value is -3.02. The van der Waals surface area contributed by atoms with Gasteiger partial charge in [-0.3, -0.25) is 4.79 Å². The van der Waals surface area contributed by atoms with E-state index in [-0.39, 0.29) is 11.8 Å². The fraction of sp³-hybridized carbons (Fsp3) is 0.364. The molecule has 0 spiro atoms. The Kier molecular flexibility index (Phi) is 6.89. The van der Waals surface area contributed by atoms with Gasteiger partial charge in [-0.25, -0.2) is 4.99 Å². The summed E-state index contributed by atoms with van der Waals surface area (Å²) < 4.78 is 5.68. The van der Waals surface area contributed by atoms with E-state index in [9.17, 15) is 4.79 Å². The van der Waals surface area contributed by atoms with E-state index in [1.807, 2.05) is 56.3 Å². The largest absolute Gasteiger partial charge is 0.494 e. The summed E-state index contributed by atoms with van der Waals surface area (Å²) in [6.45, 7) is 6.57. The number of guanidine groups is 1. The maximum Gasteiger partial charge on any atom is 0.225 e. The molecule has 1 heterocycles. The fourth-order valence-electron chi connectivity index (χ4n) is 3.34. The van der Waals surface area contributed by atoms with Crippen LogP contribution in [0, 0.1) is 0 Å². The van der Waals surface area contributed by atoms with Crippen LogP contribution < -0.4 is 20.7 Å². The number of benzene rings is 2. The standard InChI is InChI=1S/C22H28N4O2/c1-3-23-22(24-14-16-9-5-8-12-20(16)28-4-2)25-15-17-13-21(27)26-19-11-7-6-10-18(17)19/h5-12,17H,3-4,13-15H2,1-2H3,(H,26,27)(H2,23,24,25). The van der Waals surface area contributed by atoms with Gasteiger partial charge < -0.3 is 20.7 Å². The lowest BCUT2D eigenvalue weighted by Gasteiger charge is -2.26. The number of nitrogens with one attached hydrogen (secondary N) is 3. The molecule has 0 saturated carbocycles. The monoisotopic (exact) mass is 380 g/mol. The van der Waals surface area contributed by atoms with E-state index < -0.39 is 0 Å². The lowest BCUT2D eigenvalue weighted by atomic mass is 9.90. The molecule has 0 aromatic heterocycles. The van der Waals surface area contributed by atoms with E-state index in [0.29, 0.717) is 26.1 Å². The minimum Gasteiger partial charge on any atom is -0.494 e. The number of amides is 1. The van der Waals surface area contributed by atoms with Gasteiger partial charge in [-0.05, 0) is 31.5 Å². The van der Waals surface area contributed by atoms with E-state index in [2.05, 4.69) is 22.0 Å². The zero-order valence-corrected chi connectivity index (χ0v) is 16.5. The molecule has 148 valence electrons. The van der Waals surface area contributed by atoms with Gasteiger partial charge >= 0.3 is 0 Å². The van der Waals surface area contributed by atoms with Crippen LogP contribution in [0.25, 0.3) is 0 Å². The number of rotatable bonds is 7. The molecule has 28 heavy (non-hydrogen) atoms. The minimum absolute atomic E-state index is 0.0538. The van der Waals surface area contributed by atoms with Crippen molar-refractivity contribution in [3.63, 3.8) is 0 Å². The van der Waals surface area contributed by atoms with E-state index in [1.54, 1.807) is 0 Å². The van der Waals surface area contributed by atoms with Gasteiger partial charge in [0.15, 0.2) is 5.96 Å². The van der Waals surface area contributed by atoms with Crippen LogP contribution in [0.2, 0.25) is 0 Å². The molecule has 1 amide bonds. The molecule has 0 aliphatic carbocycles. The summed E-state index contributed by atoms with van der Waals surface area (Å²) in [6.07, 6.45) is 0.469. The first kappa shape index (κ1) is 19.7. The molecule has 2 aromatic rings. The third-order valence-corrected chi connectivity index (χ3v) is 4.65. The second kappa shape index (κ2) is 9.78. The topological polar surface area (TPSA) is 74.8 Å². The quantitative estimate of drug-likeness (QED) is 0.509. The number of ether oxygens (including phenoxy) is 1. The summed E-state index contributed by atoms with van der Waals surface area (Å²) >= 11 is 0. The number of carbonyl (C=O) groups excluding carboxylic acids is 1. The van der Waals surface area contributed by atoms with Crippen LogP contribution in [0.4, 0.5) is 5.69 Å². The Balaban J connectivity index is 1.69. The molecule has 6 heteroatoms. The first-order chi connectivity index (χ1) is 13.7. The third kappa shape index (κ3) is 5.03. The van der Waals surface area contributed by atoms with Crippen molar-refractivity contribution in [2.24, 2.45) is 4.99 Å². The van der Waals surface area contributed by atoms with Crippen molar-refractivity contribution in [3.8, 4) is 5.75 Å². The number of fused-ring (bicyclic) bond motifs is 1. The molecule has 0 bridgehead atoms. The first-order valence-corrected chi connectivity index (χ1v) is 9.83. The van der Waals surface area contributed by atoms with Crippen molar-refractivity contribution in [2.45, 2.75) is 32.7 Å². The SMILES string of the molecule is CCNC(=NCc1ccccc1OCC)NCC1CC(=O)Nc2ccccc21. The Morgan fingerprint density at radius 2 is 1.93 bits per heavy atom. The Morgan fingerprint density at radius 3 is 2.75 bits per heavy atom. The van der Waals surface area contributed by atoms with Gasteiger partial charge in [0.1, 0.15) is 5.75 Å². The van der Waals surface area contributed by atoms with Gasteiger partial charge in [-0.15, -0.1) is 0 Å². The average molecular weight is 380 g/mol. The molecule has 0 radical (unpaired) electrons. The van der Waals surface area contributed by atoms with Crippen LogP contribution in [-0.2, 0) is 11.3 Å². The number of hydrogen-bond donors (Lipinski definition) is 3. The molecule has 2 aromatic carbocycles. The average Bonchev–Trinajstić information content (AvgIpc) is 2.71. The van der Waals surface area contributed by atoms with Crippen LogP contribution >= 0.6 is 0 Å². The molecule has 6 nitrogen and oxygen atoms in total. The lowest BCUT2D eigenvalue weighted by molar-refractivity contribution is -0.116. The number of carbonyl (C=O) groups is 1. The van der Waals surface area contributed by atoms with Crippen molar-refractivity contribution in [2.75, 3.05) is 25.0 Å². The van der Waals surface area contributed by atoms with Gasteiger partial charge in [-0.1, -0.05) is 36.4 Å². The van der Waals surface area contributed by atoms with Crippen molar-refractivity contribution in [1.29, 1.82) is 0 Å². The number of anilines is 1. The summed E-state index contributed by atoms with van der Waals surface area (Å²) in [5, 5.41) is 9.61. The van der Waals surface area contributed by atoms with Crippen LogP contribution in [0.15, 0.2) is 53.5 Å². The molecular formula is C22H28N4O2.